The van der Waals surface area contributed by atoms with Gasteiger partial charge in [0.1, 0.15) is 0 Å². The van der Waals surface area contributed by atoms with Gasteiger partial charge in [-0.05, 0) is 51.2 Å². The Balaban J connectivity index is 1.82. The van der Waals surface area contributed by atoms with E-state index < -0.39 is 0 Å². The topological polar surface area (TPSA) is 18.5 Å². The molecule has 0 amide bonds. The van der Waals surface area contributed by atoms with Crippen LogP contribution in [0.25, 0.3) is 0 Å². The lowest BCUT2D eigenvalue weighted by molar-refractivity contribution is 0.190. The van der Waals surface area contributed by atoms with Crippen molar-refractivity contribution in [2.45, 2.75) is 25.8 Å². The Kier molecular flexibility index (Phi) is 6.14. The van der Waals surface area contributed by atoms with Crippen molar-refractivity contribution in [1.82, 2.24) is 9.80 Å². The smallest absolute Gasteiger partial charge is 0.0426 e. The summed E-state index contributed by atoms with van der Waals surface area (Å²) >= 11 is 6.00. The van der Waals surface area contributed by atoms with Crippen molar-refractivity contribution in [3.05, 3.63) is 29.3 Å². The number of benzene rings is 1. The summed E-state index contributed by atoms with van der Waals surface area (Å²) in [5.74, 6) is 0. The molecule has 0 saturated carbocycles. The molecule has 1 atom stereocenters. The molecule has 0 spiro atoms. The van der Waals surface area contributed by atoms with Gasteiger partial charge < -0.3 is 10.2 Å². The average molecular weight is 296 g/mol. The number of hydrogen-bond donors (Lipinski definition) is 1. The van der Waals surface area contributed by atoms with E-state index in [1.165, 1.54) is 32.5 Å². The van der Waals surface area contributed by atoms with Crippen molar-refractivity contribution < 1.29 is 0 Å². The summed E-state index contributed by atoms with van der Waals surface area (Å²) in [5, 5.41) is 4.26. The Bertz CT molecular complexity index is 410. The summed E-state index contributed by atoms with van der Waals surface area (Å²) in [6, 6.07) is 8.63. The molecule has 112 valence electrons. The van der Waals surface area contributed by atoms with Crippen LogP contribution in [-0.4, -0.2) is 55.6 Å². The first-order valence-corrected chi connectivity index (χ1v) is 7.99. The molecule has 1 aromatic rings. The van der Waals surface area contributed by atoms with E-state index in [9.17, 15) is 0 Å². The molecule has 1 aliphatic rings. The lowest BCUT2D eigenvalue weighted by atomic mass is 10.2. The summed E-state index contributed by atoms with van der Waals surface area (Å²) in [6.45, 7) is 7.98. The van der Waals surface area contributed by atoms with Gasteiger partial charge in [-0.25, -0.2) is 0 Å². The standard InChI is InChI=1S/C16H26ClN3/c1-3-16-13-19(2)9-5-10-20(16)11-8-18-15-7-4-6-14(17)12-15/h4,6-7,12,16,18H,3,5,8-11,13H2,1-2H3. The number of anilines is 1. The number of nitrogens with one attached hydrogen (secondary N) is 1. The summed E-state index contributed by atoms with van der Waals surface area (Å²) in [4.78, 5) is 5.08. The fourth-order valence-corrected chi connectivity index (χ4v) is 3.11. The Labute approximate surface area is 127 Å². The van der Waals surface area contributed by atoms with Crippen molar-refractivity contribution in [3.8, 4) is 0 Å². The summed E-state index contributed by atoms with van der Waals surface area (Å²) in [5.41, 5.74) is 1.11. The van der Waals surface area contributed by atoms with Crippen LogP contribution in [0, 0.1) is 0 Å². The van der Waals surface area contributed by atoms with E-state index in [1.54, 1.807) is 0 Å². The van der Waals surface area contributed by atoms with Crippen molar-refractivity contribution in [2.24, 2.45) is 0 Å². The minimum absolute atomic E-state index is 0.684. The summed E-state index contributed by atoms with van der Waals surface area (Å²) in [6.07, 6.45) is 2.49. The second-order valence-corrected chi connectivity index (χ2v) is 6.09. The van der Waals surface area contributed by atoms with E-state index in [1.807, 2.05) is 18.2 Å². The molecule has 1 aromatic carbocycles. The molecular formula is C16H26ClN3. The van der Waals surface area contributed by atoms with Crippen LogP contribution in [0.5, 0.6) is 0 Å². The van der Waals surface area contributed by atoms with Crippen molar-refractivity contribution in [1.29, 1.82) is 0 Å². The molecule has 3 nitrogen and oxygen atoms in total. The van der Waals surface area contributed by atoms with Gasteiger partial charge in [0, 0.05) is 36.4 Å². The third kappa shape index (κ3) is 4.65. The number of likely N-dealkylation sites (N-methyl/N-ethyl adjacent to an activating group) is 1. The SMILES string of the molecule is CCC1CN(C)CCCN1CCNc1cccc(Cl)c1. The maximum atomic E-state index is 6.00. The molecule has 1 N–H and O–H groups in total. The zero-order chi connectivity index (χ0) is 14.4. The molecule has 0 aliphatic carbocycles. The van der Waals surface area contributed by atoms with E-state index in [-0.39, 0.29) is 0 Å². The van der Waals surface area contributed by atoms with Crippen LogP contribution < -0.4 is 5.32 Å². The molecule has 2 rings (SSSR count). The molecule has 1 heterocycles. The molecule has 1 saturated heterocycles. The maximum Gasteiger partial charge on any atom is 0.0426 e. The van der Waals surface area contributed by atoms with Crippen LogP contribution in [0.3, 0.4) is 0 Å². The molecule has 1 fully saturated rings. The van der Waals surface area contributed by atoms with Gasteiger partial charge >= 0.3 is 0 Å². The molecular weight excluding hydrogens is 270 g/mol. The van der Waals surface area contributed by atoms with E-state index in [4.69, 9.17) is 11.6 Å². The predicted molar refractivity (Wildman–Crippen MR) is 87.7 cm³/mol. The zero-order valence-corrected chi connectivity index (χ0v) is 13.4. The van der Waals surface area contributed by atoms with Gasteiger partial charge in [0.25, 0.3) is 0 Å². The van der Waals surface area contributed by atoms with Crippen LogP contribution in [0.1, 0.15) is 19.8 Å². The van der Waals surface area contributed by atoms with Crippen LogP contribution in [-0.2, 0) is 0 Å². The first-order chi connectivity index (χ1) is 9.69. The Morgan fingerprint density at radius 2 is 2.20 bits per heavy atom. The monoisotopic (exact) mass is 295 g/mol. The van der Waals surface area contributed by atoms with E-state index >= 15 is 0 Å². The van der Waals surface area contributed by atoms with Gasteiger partial charge in [-0.3, -0.25) is 4.90 Å². The van der Waals surface area contributed by atoms with Crippen molar-refractivity contribution in [3.63, 3.8) is 0 Å². The minimum atomic E-state index is 0.684. The van der Waals surface area contributed by atoms with E-state index in [0.29, 0.717) is 6.04 Å². The largest absolute Gasteiger partial charge is 0.384 e. The highest BCUT2D eigenvalue weighted by molar-refractivity contribution is 6.30. The van der Waals surface area contributed by atoms with Crippen LogP contribution >= 0.6 is 11.6 Å². The Morgan fingerprint density at radius 1 is 1.35 bits per heavy atom. The number of nitrogens with zero attached hydrogens (tertiary/aromatic N) is 2. The molecule has 0 bridgehead atoms. The molecule has 1 unspecified atom stereocenters. The second-order valence-electron chi connectivity index (χ2n) is 5.65. The zero-order valence-electron chi connectivity index (χ0n) is 12.6. The number of hydrogen-bond acceptors (Lipinski definition) is 3. The van der Waals surface area contributed by atoms with E-state index in [0.717, 1.165) is 23.8 Å². The third-order valence-corrected chi connectivity index (χ3v) is 4.28. The lowest BCUT2D eigenvalue weighted by Gasteiger charge is -2.30. The second kappa shape index (κ2) is 7.87. The fourth-order valence-electron chi connectivity index (χ4n) is 2.92. The Morgan fingerprint density at radius 3 is 2.95 bits per heavy atom. The van der Waals surface area contributed by atoms with Gasteiger partial charge in [0.05, 0.1) is 0 Å². The molecule has 20 heavy (non-hydrogen) atoms. The van der Waals surface area contributed by atoms with Gasteiger partial charge in [-0.2, -0.15) is 0 Å². The predicted octanol–water partition coefficient (Wildman–Crippen LogP) is 3.17. The fraction of sp³-hybridized carbons (Fsp3) is 0.625. The minimum Gasteiger partial charge on any atom is -0.384 e. The van der Waals surface area contributed by atoms with Gasteiger partial charge in [0.15, 0.2) is 0 Å². The molecule has 0 aromatic heterocycles. The van der Waals surface area contributed by atoms with Crippen molar-refractivity contribution >= 4 is 17.3 Å². The van der Waals surface area contributed by atoms with Crippen molar-refractivity contribution in [2.75, 3.05) is 45.1 Å². The number of halogens is 1. The van der Waals surface area contributed by atoms with Crippen LogP contribution in [0.15, 0.2) is 24.3 Å². The molecule has 4 heteroatoms. The first-order valence-electron chi connectivity index (χ1n) is 7.61. The van der Waals surface area contributed by atoms with Crippen LogP contribution in [0.2, 0.25) is 5.02 Å². The normalized spacial score (nSPS) is 21.6. The molecule has 0 radical (unpaired) electrons. The highest BCUT2D eigenvalue weighted by atomic mass is 35.5. The third-order valence-electron chi connectivity index (χ3n) is 4.05. The summed E-state index contributed by atoms with van der Waals surface area (Å²) < 4.78 is 0. The van der Waals surface area contributed by atoms with Gasteiger partial charge in [0.2, 0.25) is 0 Å². The van der Waals surface area contributed by atoms with Gasteiger partial charge in [-0.1, -0.05) is 24.6 Å². The maximum absolute atomic E-state index is 6.00. The summed E-state index contributed by atoms with van der Waals surface area (Å²) in [7, 11) is 2.23. The van der Waals surface area contributed by atoms with Crippen LogP contribution in [0.4, 0.5) is 5.69 Å². The Hall–Kier alpha value is -0.770. The van der Waals surface area contributed by atoms with Gasteiger partial charge in [-0.15, -0.1) is 0 Å². The highest BCUT2D eigenvalue weighted by Gasteiger charge is 2.21. The molecule has 1 aliphatic heterocycles. The first kappa shape index (κ1) is 15.6. The quantitative estimate of drug-likeness (QED) is 0.900. The average Bonchev–Trinajstić information content (AvgIpc) is 2.60. The lowest BCUT2D eigenvalue weighted by Crippen LogP contribution is -2.41. The number of rotatable bonds is 5. The van der Waals surface area contributed by atoms with E-state index in [2.05, 4.69) is 35.2 Å². The highest BCUT2D eigenvalue weighted by Crippen LogP contribution is 2.15.